The molecule has 154 valence electrons. The van der Waals surface area contributed by atoms with Crippen LogP contribution in [0.4, 0.5) is 0 Å². The predicted octanol–water partition coefficient (Wildman–Crippen LogP) is 5.77. The van der Waals surface area contributed by atoms with Gasteiger partial charge >= 0.3 is 7.12 Å². The lowest BCUT2D eigenvalue weighted by Gasteiger charge is -2.46. The fraction of sp³-hybridized carbons (Fsp3) is 0.957. The zero-order valence-electron chi connectivity index (χ0n) is 18.9. The highest BCUT2D eigenvalue weighted by molar-refractivity contribution is 6.47. The van der Waals surface area contributed by atoms with Crippen molar-refractivity contribution in [1.82, 2.24) is 0 Å². The van der Waals surface area contributed by atoms with Crippen LogP contribution in [0, 0.1) is 35.5 Å². The van der Waals surface area contributed by atoms with Gasteiger partial charge in [-0.2, -0.15) is 0 Å². The third-order valence-corrected chi connectivity index (χ3v) is 8.71. The molecule has 3 rings (SSSR count). The topological polar surface area (TPSA) is 35.5 Å². The lowest BCUT2D eigenvalue weighted by Crippen LogP contribution is -2.41. The number of carbonyl (C=O) groups is 1. The van der Waals surface area contributed by atoms with E-state index < -0.39 is 0 Å². The van der Waals surface area contributed by atoms with Crippen LogP contribution < -0.4 is 0 Å². The van der Waals surface area contributed by atoms with E-state index in [1.54, 1.807) is 6.92 Å². The second-order valence-electron chi connectivity index (χ2n) is 11.1. The van der Waals surface area contributed by atoms with Crippen molar-refractivity contribution in [1.29, 1.82) is 0 Å². The summed E-state index contributed by atoms with van der Waals surface area (Å²) in [6.45, 7) is 17.5. The summed E-state index contributed by atoms with van der Waals surface area (Å²) >= 11 is 0. The molecule has 3 fully saturated rings. The lowest BCUT2D eigenvalue weighted by molar-refractivity contribution is -0.124. The van der Waals surface area contributed by atoms with Gasteiger partial charge in [0.15, 0.2) is 0 Å². The fourth-order valence-corrected chi connectivity index (χ4v) is 6.20. The number of ketones is 1. The Kier molecular flexibility index (Phi) is 5.92. The van der Waals surface area contributed by atoms with E-state index in [0.717, 1.165) is 18.3 Å². The summed E-state index contributed by atoms with van der Waals surface area (Å²) in [5.74, 6) is 4.63. The highest BCUT2D eigenvalue weighted by atomic mass is 16.7. The van der Waals surface area contributed by atoms with Crippen molar-refractivity contribution in [2.24, 2.45) is 35.5 Å². The molecule has 0 bridgehead atoms. The van der Waals surface area contributed by atoms with Crippen LogP contribution in [0.1, 0.15) is 87.5 Å². The second-order valence-corrected chi connectivity index (χ2v) is 11.1. The van der Waals surface area contributed by atoms with Gasteiger partial charge in [-0.25, -0.2) is 0 Å². The Morgan fingerprint density at radius 2 is 1.44 bits per heavy atom. The molecule has 27 heavy (non-hydrogen) atoms. The molecule has 0 aromatic heterocycles. The van der Waals surface area contributed by atoms with Crippen LogP contribution in [-0.2, 0) is 14.1 Å². The van der Waals surface area contributed by atoms with E-state index in [1.807, 2.05) is 0 Å². The van der Waals surface area contributed by atoms with Crippen LogP contribution in [0.15, 0.2) is 0 Å². The molecule has 7 atom stereocenters. The molecule has 1 saturated heterocycles. The highest BCUT2D eigenvalue weighted by Gasteiger charge is 2.56. The molecule has 4 heteroatoms. The number of hydrogen-bond donors (Lipinski definition) is 0. The van der Waals surface area contributed by atoms with Crippen molar-refractivity contribution in [2.75, 3.05) is 0 Å². The Hall–Kier alpha value is -0.345. The maximum Gasteiger partial charge on any atom is 0.461 e. The first kappa shape index (κ1) is 21.4. The smallest absolute Gasteiger partial charge is 0.403 e. The van der Waals surface area contributed by atoms with Gasteiger partial charge in [-0.15, -0.1) is 0 Å². The van der Waals surface area contributed by atoms with Gasteiger partial charge in [0, 0.05) is 5.92 Å². The molecule has 0 N–H and O–H groups in total. The van der Waals surface area contributed by atoms with E-state index >= 15 is 0 Å². The minimum absolute atomic E-state index is 0.0687. The largest absolute Gasteiger partial charge is 0.461 e. The molecule has 2 aliphatic carbocycles. The number of hydrogen-bond acceptors (Lipinski definition) is 3. The van der Waals surface area contributed by atoms with Crippen molar-refractivity contribution >= 4 is 12.9 Å². The quantitative estimate of drug-likeness (QED) is 0.587. The molecule has 3 nitrogen and oxygen atoms in total. The van der Waals surface area contributed by atoms with Crippen LogP contribution >= 0.6 is 0 Å². The first-order valence-corrected chi connectivity index (χ1v) is 11.3. The van der Waals surface area contributed by atoms with Crippen LogP contribution in [-0.4, -0.2) is 24.1 Å². The lowest BCUT2D eigenvalue weighted by atomic mass is 9.52. The first-order valence-electron chi connectivity index (χ1n) is 11.3. The summed E-state index contributed by atoms with van der Waals surface area (Å²) in [5.41, 5.74) is -0.476. The molecule has 0 amide bonds. The van der Waals surface area contributed by atoms with E-state index in [-0.39, 0.29) is 18.3 Å². The normalized spacial score (nSPS) is 44.3. The third-order valence-electron chi connectivity index (χ3n) is 8.71. The van der Waals surface area contributed by atoms with Crippen molar-refractivity contribution in [3.8, 4) is 0 Å². The number of rotatable bonds is 3. The fourth-order valence-electron chi connectivity index (χ4n) is 6.20. The Bertz CT molecular complexity index is 542. The number of carbonyl (C=O) groups excluding carboxylic acids is 1. The van der Waals surface area contributed by atoms with E-state index in [1.165, 1.54) is 25.7 Å². The summed E-state index contributed by atoms with van der Waals surface area (Å²) < 4.78 is 12.8. The molecular weight excluding hydrogens is 335 g/mol. The van der Waals surface area contributed by atoms with Gasteiger partial charge in [0.2, 0.25) is 0 Å². The van der Waals surface area contributed by atoms with Gasteiger partial charge in [-0.1, -0.05) is 20.8 Å². The van der Waals surface area contributed by atoms with Crippen LogP contribution in [0.5, 0.6) is 0 Å². The van der Waals surface area contributed by atoms with Gasteiger partial charge in [-0.3, -0.25) is 4.79 Å². The second kappa shape index (κ2) is 7.48. The van der Waals surface area contributed by atoms with Gasteiger partial charge in [0.1, 0.15) is 5.78 Å². The minimum atomic E-state index is -0.238. The van der Waals surface area contributed by atoms with E-state index in [2.05, 4.69) is 48.5 Å². The van der Waals surface area contributed by atoms with Crippen molar-refractivity contribution in [2.45, 2.75) is 105 Å². The molecule has 3 aliphatic rings. The minimum Gasteiger partial charge on any atom is -0.403 e. The Morgan fingerprint density at radius 3 is 1.96 bits per heavy atom. The zero-order valence-corrected chi connectivity index (χ0v) is 18.9. The molecule has 0 spiro atoms. The molecule has 0 radical (unpaired) electrons. The Morgan fingerprint density at radius 1 is 0.852 bits per heavy atom. The van der Waals surface area contributed by atoms with E-state index in [4.69, 9.17) is 9.31 Å². The van der Waals surface area contributed by atoms with Crippen LogP contribution in [0.2, 0.25) is 5.82 Å². The van der Waals surface area contributed by atoms with Gasteiger partial charge in [0.05, 0.1) is 11.2 Å². The first-order chi connectivity index (χ1) is 12.4. The Balaban J connectivity index is 1.64. The predicted molar refractivity (Wildman–Crippen MR) is 112 cm³/mol. The van der Waals surface area contributed by atoms with Crippen molar-refractivity contribution < 1.29 is 14.1 Å². The van der Waals surface area contributed by atoms with E-state index in [0.29, 0.717) is 35.3 Å². The summed E-state index contributed by atoms with van der Waals surface area (Å²) in [7, 11) is -0.0687. The average molecular weight is 376 g/mol. The van der Waals surface area contributed by atoms with Gasteiger partial charge in [-0.05, 0) is 102 Å². The van der Waals surface area contributed by atoms with Gasteiger partial charge < -0.3 is 9.31 Å². The van der Waals surface area contributed by atoms with Gasteiger partial charge in [0.25, 0.3) is 0 Å². The monoisotopic (exact) mass is 376 g/mol. The van der Waals surface area contributed by atoms with Crippen LogP contribution in [0.25, 0.3) is 0 Å². The summed E-state index contributed by atoms with van der Waals surface area (Å²) in [4.78, 5) is 11.9. The summed E-state index contributed by atoms with van der Waals surface area (Å²) in [5, 5.41) is 0. The molecule has 7 unspecified atom stereocenters. The standard InChI is InChI=1S/C23H41BO3/c1-14-11-18(9-10-19(14)17(4)25)20-12-16(3)21(13-15(20)2)24-26-22(5,6)23(7,8)27-24/h14-16,18-21H,9-13H2,1-8H3. The molecule has 1 aliphatic heterocycles. The summed E-state index contributed by atoms with van der Waals surface area (Å²) in [6, 6.07) is 0. The SMILES string of the molecule is CC(=O)C1CCC(C2CC(C)C(B3OC(C)(C)C(C)(C)O3)CC2C)CC1C. The van der Waals surface area contributed by atoms with Crippen LogP contribution in [0.3, 0.4) is 0 Å². The summed E-state index contributed by atoms with van der Waals surface area (Å²) in [6.07, 6.45) is 6.03. The van der Waals surface area contributed by atoms with Crippen molar-refractivity contribution in [3.63, 3.8) is 0 Å². The number of Topliss-reactive ketones (excluding diaryl/α,β-unsaturated/α-hetero) is 1. The van der Waals surface area contributed by atoms with Crippen molar-refractivity contribution in [3.05, 3.63) is 0 Å². The molecular formula is C23H41BO3. The molecule has 0 aromatic carbocycles. The maximum absolute atomic E-state index is 11.9. The highest BCUT2D eigenvalue weighted by Crippen LogP contribution is 2.52. The average Bonchev–Trinajstić information content (AvgIpc) is 2.76. The molecule has 1 heterocycles. The molecule has 0 aromatic rings. The molecule has 2 saturated carbocycles. The third kappa shape index (κ3) is 4.03. The Labute approximate surface area is 167 Å². The maximum atomic E-state index is 11.9. The zero-order chi connectivity index (χ0) is 20.1. The van der Waals surface area contributed by atoms with E-state index in [9.17, 15) is 4.79 Å².